The molecular weight excluding hydrogens is 592 g/mol. The minimum absolute atomic E-state index is 0.0526. The molecule has 2 aromatic heterocycles. The highest BCUT2D eigenvalue weighted by Crippen LogP contribution is 2.51. The van der Waals surface area contributed by atoms with Crippen LogP contribution in [-0.2, 0) is 16.5 Å². The second-order valence-corrected chi connectivity index (χ2v) is 14.1. The van der Waals surface area contributed by atoms with Crippen molar-refractivity contribution in [2.24, 2.45) is 7.05 Å². The van der Waals surface area contributed by atoms with Crippen LogP contribution in [0.1, 0.15) is 98.5 Å². The van der Waals surface area contributed by atoms with Gasteiger partial charge in [-0.15, -0.1) is 0 Å². The molecule has 4 aliphatic rings. The van der Waals surface area contributed by atoms with Gasteiger partial charge in [0.15, 0.2) is 0 Å². The molecule has 238 valence electrons. The molecule has 11 heteroatoms. The summed E-state index contributed by atoms with van der Waals surface area (Å²) < 4.78 is 13.6. The molecule has 7 rings (SSSR count). The zero-order valence-electron chi connectivity index (χ0n) is 26.3. The number of aryl methyl sites for hydroxylation is 1. The van der Waals surface area contributed by atoms with Crippen LogP contribution < -0.4 is 5.32 Å². The normalized spacial score (nSPS) is 25.3. The third-order valence-electron chi connectivity index (χ3n) is 10.2. The van der Waals surface area contributed by atoms with Gasteiger partial charge in [0.05, 0.1) is 36.0 Å². The van der Waals surface area contributed by atoms with E-state index in [9.17, 15) is 9.59 Å². The summed E-state index contributed by atoms with van der Waals surface area (Å²) in [4.78, 5) is 40.0. The average Bonchev–Trinajstić information content (AvgIpc) is 3.89. The molecule has 1 N–H and O–H groups in total. The zero-order chi connectivity index (χ0) is 31.5. The topological polar surface area (TPSA) is 102 Å². The van der Waals surface area contributed by atoms with Gasteiger partial charge in [0, 0.05) is 50.4 Å². The first-order valence-corrected chi connectivity index (χ1v) is 16.3. The molecule has 3 aliphatic carbocycles. The number of hydrogen-bond donors (Lipinski definition) is 1. The van der Waals surface area contributed by atoms with E-state index in [0.717, 1.165) is 53.8 Å². The zero-order valence-corrected chi connectivity index (χ0v) is 27.1. The largest absolute Gasteiger partial charge is 0.443 e. The lowest BCUT2D eigenvalue weighted by Crippen LogP contribution is -2.50. The number of ether oxygens (including phenoxy) is 2. The number of amides is 2. The lowest BCUT2D eigenvalue weighted by atomic mass is 9.77. The highest BCUT2D eigenvalue weighted by atomic mass is 35.5. The number of aromatic nitrogens is 3. The summed E-state index contributed by atoms with van der Waals surface area (Å²) in [6, 6.07) is 9.58. The summed E-state index contributed by atoms with van der Waals surface area (Å²) in [5, 5.41) is 3.88. The molecule has 3 heterocycles. The number of nitrogens with zero attached hydrogens (tertiary/aromatic N) is 5. The molecule has 10 nitrogen and oxygen atoms in total. The summed E-state index contributed by atoms with van der Waals surface area (Å²) in [7, 11) is 1.94. The molecule has 1 aliphatic heterocycles. The standard InChI is InChI=1S/C34H41ClN6O4/c1-21-23-6-5-13-37-28(23)30(40-14-16-41(17-15-40)32(43)45-34(3)11-12-34)24-8-7-22(35)18-25(24)27(21)29(26-19-36-20-39(26)4)38-31(42)44-33(2)9-10-33/h5-8,13,18-21,27,29-30H,9-12,14-17H2,1-4H3,(H,38,42)/t21?,27?,29-,30-/m0/s1. The lowest BCUT2D eigenvalue weighted by Gasteiger charge is -2.39. The van der Waals surface area contributed by atoms with Crippen LogP contribution >= 0.6 is 11.6 Å². The Morgan fingerprint density at radius 2 is 1.71 bits per heavy atom. The number of benzene rings is 1. The second kappa shape index (κ2) is 11.3. The van der Waals surface area contributed by atoms with E-state index in [0.29, 0.717) is 31.2 Å². The molecule has 0 spiro atoms. The number of pyridine rings is 1. The van der Waals surface area contributed by atoms with Crippen molar-refractivity contribution in [2.75, 3.05) is 26.2 Å². The van der Waals surface area contributed by atoms with Gasteiger partial charge in [-0.25, -0.2) is 14.6 Å². The molecule has 0 radical (unpaired) electrons. The molecule has 4 atom stereocenters. The highest BCUT2D eigenvalue weighted by Gasteiger charge is 2.46. The predicted molar refractivity (Wildman–Crippen MR) is 169 cm³/mol. The summed E-state index contributed by atoms with van der Waals surface area (Å²) in [6.07, 6.45) is 8.32. The first-order valence-electron chi connectivity index (χ1n) is 16.0. The smallest absolute Gasteiger partial charge is 0.410 e. The van der Waals surface area contributed by atoms with Gasteiger partial charge in [0.25, 0.3) is 0 Å². The Balaban J connectivity index is 1.28. The average molecular weight is 633 g/mol. The van der Waals surface area contributed by atoms with Gasteiger partial charge < -0.3 is 24.3 Å². The van der Waals surface area contributed by atoms with Crippen LogP contribution in [-0.4, -0.2) is 73.9 Å². The molecule has 1 aromatic carbocycles. The van der Waals surface area contributed by atoms with Gasteiger partial charge in [0.2, 0.25) is 0 Å². The number of hydrogen-bond acceptors (Lipinski definition) is 7. The van der Waals surface area contributed by atoms with Crippen molar-refractivity contribution in [1.29, 1.82) is 0 Å². The Kier molecular flexibility index (Phi) is 7.55. The van der Waals surface area contributed by atoms with Gasteiger partial charge in [0.1, 0.15) is 11.2 Å². The molecule has 3 fully saturated rings. The van der Waals surface area contributed by atoms with Crippen molar-refractivity contribution in [3.05, 3.63) is 82.2 Å². The first-order chi connectivity index (χ1) is 21.5. The molecule has 3 aromatic rings. The Labute approximate surface area is 269 Å². The van der Waals surface area contributed by atoms with E-state index in [2.05, 4.69) is 34.3 Å². The number of nitrogens with one attached hydrogen (secondary N) is 1. The number of imidazole rings is 1. The number of fused-ring (bicyclic) bond motifs is 2. The summed E-state index contributed by atoms with van der Waals surface area (Å²) >= 11 is 6.74. The first kappa shape index (κ1) is 30.0. The van der Waals surface area contributed by atoms with Crippen molar-refractivity contribution in [1.82, 2.24) is 29.7 Å². The van der Waals surface area contributed by atoms with Crippen LogP contribution in [0.3, 0.4) is 0 Å². The fraction of sp³-hybridized carbons (Fsp3) is 0.529. The molecule has 45 heavy (non-hydrogen) atoms. The van der Waals surface area contributed by atoms with Crippen molar-refractivity contribution in [3.63, 3.8) is 0 Å². The minimum atomic E-state index is -0.457. The van der Waals surface area contributed by atoms with Gasteiger partial charge >= 0.3 is 12.2 Å². The van der Waals surface area contributed by atoms with Gasteiger partial charge in [-0.1, -0.05) is 30.7 Å². The molecule has 2 unspecified atom stereocenters. The van der Waals surface area contributed by atoms with Crippen molar-refractivity contribution >= 4 is 23.8 Å². The van der Waals surface area contributed by atoms with E-state index in [1.165, 1.54) is 0 Å². The summed E-state index contributed by atoms with van der Waals surface area (Å²) in [5.41, 5.74) is 4.38. The number of rotatable bonds is 6. The number of piperazine rings is 1. The van der Waals surface area contributed by atoms with E-state index in [4.69, 9.17) is 26.1 Å². The predicted octanol–water partition coefficient (Wildman–Crippen LogP) is 6.09. The maximum Gasteiger partial charge on any atom is 0.410 e. The molecule has 2 amide bonds. The number of alkyl carbamates (subject to hydrolysis) is 1. The maximum atomic E-state index is 13.4. The van der Waals surface area contributed by atoms with Crippen LogP contribution in [0.25, 0.3) is 0 Å². The van der Waals surface area contributed by atoms with Crippen LogP contribution in [0.2, 0.25) is 5.02 Å². The van der Waals surface area contributed by atoms with E-state index in [1.807, 2.05) is 61.0 Å². The third kappa shape index (κ3) is 5.90. The molecule has 2 saturated carbocycles. The van der Waals surface area contributed by atoms with Crippen LogP contribution in [0.15, 0.2) is 49.1 Å². The van der Waals surface area contributed by atoms with Crippen LogP contribution in [0.4, 0.5) is 9.59 Å². The number of carbonyl (C=O) groups is 2. The van der Waals surface area contributed by atoms with E-state index in [-0.39, 0.29) is 29.6 Å². The third-order valence-corrected chi connectivity index (χ3v) is 10.4. The number of carbonyl (C=O) groups excluding carboxylic acids is 2. The van der Waals surface area contributed by atoms with Crippen LogP contribution in [0.5, 0.6) is 0 Å². The Bertz CT molecular complexity index is 1610. The lowest BCUT2D eigenvalue weighted by molar-refractivity contribution is 0.0380. The number of halogens is 1. The quantitative estimate of drug-likeness (QED) is 0.351. The Hall–Kier alpha value is -3.63. The second-order valence-electron chi connectivity index (χ2n) is 13.7. The van der Waals surface area contributed by atoms with E-state index < -0.39 is 17.7 Å². The molecule has 0 bridgehead atoms. The van der Waals surface area contributed by atoms with Crippen molar-refractivity contribution < 1.29 is 19.1 Å². The monoisotopic (exact) mass is 632 g/mol. The van der Waals surface area contributed by atoms with Gasteiger partial charge in [-0.3, -0.25) is 9.88 Å². The SMILES string of the molecule is CC1c2cccnc2[C@@H](N2CCN(C(=O)OC3(C)CC3)CC2)c2ccc(Cl)cc2C1[C@@H](NC(=O)OC1(C)CC1)c1cncn1C. The van der Waals surface area contributed by atoms with Crippen molar-refractivity contribution in [2.45, 2.75) is 81.6 Å². The maximum absolute atomic E-state index is 13.4. The van der Waals surface area contributed by atoms with Crippen LogP contribution in [0, 0.1) is 0 Å². The Morgan fingerprint density at radius 1 is 1.00 bits per heavy atom. The molecule has 1 saturated heterocycles. The summed E-state index contributed by atoms with van der Waals surface area (Å²) in [6.45, 7) is 8.63. The van der Waals surface area contributed by atoms with Crippen molar-refractivity contribution in [3.8, 4) is 0 Å². The summed E-state index contributed by atoms with van der Waals surface area (Å²) in [5.74, 6) is -0.264. The van der Waals surface area contributed by atoms with Gasteiger partial charge in [-0.05, 0) is 80.3 Å². The Morgan fingerprint density at radius 3 is 2.38 bits per heavy atom. The fourth-order valence-electron chi connectivity index (χ4n) is 6.96. The fourth-order valence-corrected chi connectivity index (χ4v) is 7.14. The van der Waals surface area contributed by atoms with E-state index in [1.54, 1.807) is 6.33 Å². The highest BCUT2D eigenvalue weighted by molar-refractivity contribution is 6.30. The molecular formula is C34H41ClN6O4. The minimum Gasteiger partial charge on any atom is -0.443 e. The van der Waals surface area contributed by atoms with Gasteiger partial charge in [-0.2, -0.15) is 0 Å². The van der Waals surface area contributed by atoms with E-state index >= 15 is 0 Å².